The molecule has 0 saturated heterocycles. The molecular weight excluding hydrogens is 523 g/mol. The van der Waals surface area contributed by atoms with Crippen molar-refractivity contribution in [3.05, 3.63) is 150 Å². The van der Waals surface area contributed by atoms with Gasteiger partial charge in [-0.25, -0.2) is 4.74 Å². The number of carbonyl (C=O) groups is 1. The van der Waals surface area contributed by atoms with Crippen LogP contribution in [0.15, 0.2) is 149 Å². The van der Waals surface area contributed by atoms with E-state index in [0.29, 0.717) is 35.6 Å². The predicted octanol–water partition coefficient (Wildman–Crippen LogP) is 7.36. The summed E-state index contributed by atoms with van der Waals surface area (Å²) in [6.45, 7) is 4.18. The minimum Gasteiger partial charge on any atom is -0.442 e. The Hall–Kier alpha value is -4.45. The van der Waals surface area contributed by atoms with E-state index in [9.17, 15) is 10.1 Å². The third-order valence-corrected chi connectivity index (χ3v) is 11.4. The number of nitriles is 1. The SMILES string of the molecule is CC1(C)CC(=O)C2=C(C1)OC(N=P(c1ccccc1)(c1ccccc1)c1ccccc1)=C(C#N)[C@H]2c1ccccc1. The number of nitrogens with zero attached hydrogens (tertiary/aromatic N) is 2. The summed E-state index contributed by atoms with van der Waals surface area (Å²) in [5.74, 6) is 0.435. The summed E-state index contributed by atoms with van der Waals surface area (Å²) in [5.41, 5.74) is 1.60. The average molecular weight is 555 g/mol. The molecule has 0 amide bonds. The Morgan fingerprint density at radius 2 is 1.22 bits per heavy atom. The number of hydrogen-bond donors (Lipinski definition) is 0. The van der Waals surface area contributed by atoms with Crippen molar-refractivity contribution in [1.29, 1.82) is 5.26 Å². The maximum atomic E-state index is 13.7. The number of hydrogen-bond acceptors (Lipinski definition) is 4. The second-order valence-corrected chi connectivity index (χ2v) is 14.3. The zero-order valence-corrected chi connectivity index (χ0v) is 24.1. The summed E-state index contributed by atoms with van der Waals surface area (Å²) in [4.78, 5) is 13.7. The average Bonchev–Trinajstić information content (AvgIpc) is 3.00. The lowest BCUT2D eigenvalue weighted by Crippen LogP contribution is -2.32. The third-order valence-electron chi connectivity index (χ3n) is 7.79. The lowest BCUT2D eigenvalue weighted by Gasteiger charge is -2.38. The summed E-state index contributed by atoms with van der Waals surface area (Å²) in [6.07, 6.45) is 1.02. The van der Waals surface area contributed by atoms with Crippen LogP contribution < -0.4 is 15.9 Å². The number of benzene rings is 4. The Kier molecular flexibility index (Phi) is 7.08. The molecule has 202 valence electrons. The lowest BCUT2D eigenvalue weighted by molar-refractivity contribution is -0.119. The highest BCUT2D eigenvalue weighted by Gasteiger charge is 2.44. The van der Waals surface area contributed by atoms with Gasteiger partial charge in [-0.15, -0.1) is 0 Å². The number of rotatable bonds is 5. The van der Waals surface area contributed by atoms with E-state index in [2.05, 4.69) is 56.3 Å². The Morgan fingerprint density at radius 1 is 0.756 bits per heavy atom. The van der Waals surface area contributed by atoms with Gasteiger partial charge < -0.3 is 4.74 Å². The molecule has 6 rings (SSSR count). The Morgan fingerprint density at radius 3 is 1.68 bits per heavy atom. The molecular formula is C36H31N2O2P. The van der Waals surface area contributed by atoms with E-state index in [4.69, 9.17) is 9.48 Å². The molecule has 0 unspecified atom stereocenters. The lowest BCUT2D eigenvalue weighted by atomic mass is 9.70. The molecule has 0 fully saturated rings. The van der Waals surface area contributed by atoms with Crippen molar-refractivity contribution in [2.24, 2.45) is 10.2 Å². The van der Waals surface area contributed by atoms with Crippen LogP contribution in [0, 0.1) is 16.7 Å². The van der Waals surface area contributed by atoms with Crippen LogP contribution in [-0.4, -0.2) is 5.78 Å². The maximum absolute atomic E-state index is 13.7. The monoisotopic (exact) mass is 554 g/mol. The van der Waals surface area contributed by atoms with Gasteiger partial charge in [0.2, 0.25) is 5.88 Å². The van der Waals surface area contributed by atoms with Crippen molar-refractivity contribution < 1.29 is 9.53 Å². The zero-order valence-electron chi connectivity index (χ0n) is 23.2. The summed E-state index contributed by atoms with van der Waals surface area (Å²) in [5, 5.41) is 13.9. The Balaban J connectivity index is 1.71. The molecule has 0 bridgehead atoms. The van der Waals surface area contributed by atoms with E-state index in [1.165, 1.54) is 0 Å². The molecule has 4 aromatic rings. The fourth-order valence-electron chi connectivity index (χ4n) is 5.98. The molecule has 0 saturated carbocycles. The van der Waals surface area contributed by atoms with Gasteiger partial charge in [-0.05, 0) is 11.0 Å². The molecule has 1 aliphatic carbocycles. The molecule has 0 spiro atoms. The first kappa shape index (κ1) is 26.8. The predicted molar refractivity (Wildman–Crippen MR) is 166 cm³/mol. The summed E-state index contributed by atoms with van der Waals surface area (Å²) >= 11 is 0. The van der Waals surface area contributed by atoms with Crippen LogP contribution in [0.4, 0.5) is 0 Å². The number of Topliss-reactive ketones (excluding diaryl/α,β-unsaturated/α-hetero) is 1. The second kappa shape index (κ2) is 10.8. The van der Waals surface area contributed by atoms with Gasteiger partial charge in [-0.3, -0.25) is 4.79 Å². The van der Waals surface area contributed by atoms with Crippen molar-refractivity contribution >= 4 is 28.8 Å². The van der Waals surface area contributed by atoms with Crippen LogP contribution in [0.2, 0.25) is 0 Å². The Labute approximate surface area is 241 Å². The largest absolute Gasteiger partial charge is 0.442 e. The van der Waals surface area contributed by atoms with Gasteiger partial charge in [0.15, 0.2) is 5.78 Å². The smallest absolute Gasteiger partial charge is 0.233 e. The van der Waals surface area contributed by atoms with E-state index in [0.717, 1.165) is 21.5 Å². The van der Waals surface area contributed by atoms with Crippen molar-refractivity contribution in [2.75, 3.05) is 0 Å². The fourth-order valence-corrected chi connectivity index (χ4v) is 9.46. The number of allylic oxidation sites excluding steroid dienone is 3. The maximum Gasteiger partial charge on any atom is 0.233 e. The molecule has 1 atom stereocenters. The van der Waals surface area contributed by atoms with Crippen molar-refractivity contribution in [1.82, 2.24) is 0 Å². The van der Waals surface area contributed by atoms with Crippen LogP contribution >= 0.6 is 7.05 Å². The highest BCUT2D eigenvalue weighted by atomic mass is 31.2. The minimum atomic E-state index is -2.70. The molecule has 1 aliphatic heterocycles. The van der Waals surface area contributed by atoms with Crippen molar-refractivity contribution in [3.63, 3.8) is 0 Å². The molecule has 4 nitrogen and oxygen atoms in total. The summed E-state index contributed by atoms with van der Waals surface area (Å²) in [7, 11) is -2.70. The molecule has 0 aromatic heterocycles. The molecule has 2 aliphatic rings. The van der Waals surface area contributed by atoms with E-state index in [-0.39, 0.29) is 11.2 Å². The third kappa shape index (κ3) is 4.88. The van der Waals surface area contributed by atoms with Gasteiger partial charge in [0.05, 0.1) is 13.0 Å². The van der Waals surface area contributed by atoms with Crippen LogP contribution in [0.3, 0.4) is 0 Å². The van der Waals surface area contributed by atoms with Crippen LogP contribution in [0.25, 0.3) is 0 Å². The highest BCUT2D eigenvalue weighted by Crippen LogP contribution is 2.53. The van der Waals surface area contributed by atoms with E-state index in [1.807, 2.05) is 84.9 Å². The topological polar surface area (TPSA) is 62.4 Å². The van der Waals surface area contributed by atoms with Gasteiger partial charge in [-0.2, -0.15) is 5.26 Å². The van der Waals surface area contributed by atoms with Crippen LogP contribution in [-0.2, 0) is 9.53 Å². The number of ether oxygens (including phenoxy) is 1. The highest BCUT2D eigenvalue weighted by molar-refractivity contribution is 7.87. The molecule has 0 N–H and O–H groups in total. The fraction of sp³-hybridized carbons (Fsp3) is 0.167. The first-order chi connectivity index (χ1) is 19.9. The van der Waals surface area contributed by atoms with Gasteiger partial charge >= 0.3 is 0 Å². The van der Waals surface area contributed by atoms with Gasteiger partial charge in [-0.1, -0.05) is 135 Å². The van der Waals surface area contributed by atoms with Gasteiger partial charge in [0, 0.05) is 34.3 Å². The van der Waals surface area contributed by atoms with Gasteiger partial charge in [0.25, 0.3) is 0 Å². The molecule has 1 heterocycles. The molecule has 41 heavy (non-hydrogen) atoms. The standard InChI is InChI=1S/C36H31N2O2P/c1-36(2)23-31(39)34-32(24-36)40-35(30(25-37)33(34)26-15-7-3-8-16-26)38-41(27-17-9-4-10-18-27,28-19-11-5-12-20-28)29-21-13-6-14-22-29/h3-22,33H,23-24H2,1-2H3/t33-/m1/s1. The number of ketones is 1. The summed E-state index contributed by atoms with van der Waals surface area (Å²) < 4.78 is 12.2. The zero-order chi connectivity index (χ0) is 28.5. The molecule has 5 heteroatoms. The second-order valence-electron chi connectivity index (χ2n) is 11.3. The minimum absolute atomic E-state index is 0.0344. The quantitative estimate of drug-likeness (QED) is 0.242. The van der Waals surface area contributed by atoms with E-state index >= 15 is 0 Å². The van der Waals surface area contributed by atoms with Crippen LogP contribution in [0.1, 0.15) is 38.2 Å². The summed E-state index contributed by atoms with van der Waals surface area (Å²) in [6, 6.07) is 43.1. The molecule has 4 aromatic carbocycles. The van der Waals surface area contributed by atoms with Crippen molar-refractivity contribution in [2.45, 2.75) is 32.6 Å². The van der Waals surface area contributed by atoms with E-state index in [1.54, 1.807) is 0 Å². The first-order valence-electron chi connectivity index (χ1n) is 13.9. The number of carbonyl (C=O) groups excluding carboxylic acids is 1. The van der Waals surface area contributed by atoms with Crippen molar-refractivity contribution in [3.8, 4) is 6.07 Å². The molecule has 0 radical (unpaired) electrons. The van der Waals surface area contributed by atoms with Gasteiger partial charge in [0.1, 0.15) is 17.4 Å². The van der Waals surface area contributed by atoms with Crippen LogP contribution in [0.5, 0.6) is 0 Å². The van der Waals surface area contributed by atoms with E-state index < -0.39 is 13.0 Å². The normalized spacial score (nSPS) is 18.3. The Bertz CT molecular complexity index is 1650. The first-order valence-corrected chi connectivity index (χ1v) is 15.6.